The van der Waals surface area contributed by atoms with Gasteiger partial charge in [-0.15, -0.1) is 0 Å². The van der Waals surface area contributed by atoms with Gasteiger partial charge in [0.1, 0.15) is 5.60 Å². The van der Waals surface area contributed by atoms with Crippen LogP contribution in [0.25, 0.3) is 0 Å². The highest BCUT2D eigenvalue weighted by atomic mass is 16.6. The smallest absolute Gasteiger partial charge is 0.410 e. The first-order chi connectivity index (χ1) is 10.9. The van der Waals surface area contributed by atoms with Gasteiger partial charge in [0.15, 0.2) is 0 Å². The molecule has 2 unspecified atom stereocenters. The highest BCUT2D eigenvalue weighted by Crippen LogP contribution is 2.26. The lowest BCUT2D eigenvalue weighted by molar-refractivity contribution is -0.00545. The summed E-state index contributed by atoms with van der Waals surface area (Å²) in [5, 5.41) is 9.51. The van der Waals surface area contributed by atoms with Gasteiger partial charge in [-0.2, -0.15) is 0 Å². The molecule has 5 nitrogen and oxygen atoms in total. The predicted molar refractivity (Wildman–Crippen MR) is 88.1 cm³/mol. The Kier molecular flexibility index (Phi) is 6.02. The van der Waals surface area contributed by atoms with Gasteiger partial charge in [0.05, 0.1) is 31.9 Å². The molecule has 0 saturated carbocycles. The summed E-state index contributed by atoms with van der Waals surface area (Å²) in [5.41, 5.74) is 0.558. The van der Waals surface area contributed by atoms with E-state index in [4.69, 9.17) is 9.47 Å². The van der Waals surface area contributed by atoms with E-state index in [1.807, 2.05) is 51.1 Å². The summed E-state index contributed by atoms with van der Waals surface area (Å²) in [6.45, 7) is 6.45. The van der Waals surface area contributed by atoms with E-state index in [9.17, 15) is 9.90 Å². The van der Waals surface area contributed by atoms with Gasteiger partial charge in [-0.1, -0.05) is 30.3 Å². The fourth-order valence-corrected chi connectivity index (χ4v) is 2.80. The van der Waals surface area contributed by atoms with Crippen molar-refractivity contribution in [2.75, 3.05) is 13.2 Å². The fourth-order valence-electron chi connectivity index (χ4n) is 2.80. The molecule has 1 saturated heterocycles. The molecule has 1 heterocycles. The molecule has 0 spiro atoms. The Morgan fingerprint density at radius 1 is 1.22 bits per heavy atom. The molecule has 5 heteroatoms. The zero-order chi connectivity index (χ0) is 16.9. The van der Waals surface area contributed by atoms with Crippen molar-refractivity contribution >= 4 is 6.09 Å². The van der Waals surface area contributed by atoms with Crippen molar-refractivity contribution in [1.82, 2.24) is 4.90 Å². The summed E-state index contributed by atoms with van der Waals surface area (Å²) in [5.74, 6) is 0. The van der Waals surface area contributed by atoms with Crippen molar-refractivity contribution < 1.29 is 19.4 Å². The highest BCUT2D eigenvalue weighted by Gasteiger charge is 2.38. The zero-order valence-electron chi connectivity index (χ0n) is 14.2. The number of likely N-dealkylation sites (tertiary alicyclic amines) is 1. The van der Waals surface area contributed by atoms with Crippen molar-refractivity contribution in [2.45, 2.75) is 57.9 Å². The third kappa shape index (κ3) is 5.22. The van der Waals surface area contributed by atoms with E-state index in [1.54, 1.807) is 4.90 Å². The minimum Gasteiger partial charge on any atom is -0.444 e. The average molecular weight is 321 g/mol. The number of ether oxygens (including phenoxy) is 2. The van der Waals surface area contributed by atoms with Crippen molar-refractivity contribution in [2.24, 2.45) is 0 Å². The summed E-state index contributed by atoms with van der Waals surface area (Å²) >= 11 is 0. The molecule has 1 fully saturated rings. The number of rotatable bonds is 5. The molecule has 2 rings (SSSR count). The number of carbonyl (C=O) groups excluding carboxylic acids is 1. The molecule has 1 N–H and O–H groups in total. The van der Waals surface area contributed by atoms with Gasteiger partial charge in [-0.05, 0) is 39.2 Å². The first kappa shape index (κ1) is 17.8. The molecule has 2 atom stereocenters. The third-order valence-corrected chi connectivity index (χ3v) is 3.86. The van der Waals surface area contributed by atoms with Crippen LogP contribution >= 0.6 is 0 Å². The minimum atomic E-state index is -0.547. The van der Waals surface area contributed by atoms with Crippen LogP contribution in [-0.4, -0.2) is 47.0 Å². The molecule has 128 valence electrons. The SMILES string of the molecule is CC(C)(C)OC(=O)N1C(CO)CCC1COCc1ccccc1. The third-order valence-electron chi connectivity index (χ3n) is 3.86. The van der Waals surface area contributed by atoms with Crippen LogP contribution in [0.4, 0.5) is 4.79 Å². The van der Waals surface area contributed by atoms with Crippen molar-refractivity contribution in [1.29, 1.82) is 0 Å². The highest BCUT2D eigenvalue weighted by molar-refractivity contribution is 5.69. The Morgan fingerprint density at radius 2 is 1.87 bits per heavy atom. The van der Waals surface area contributed by atoms with E-state index < -0.39 is 5.60 Å². The van der Waals surface area contributed by atoms with E-state index in [-0.39, 0.29) is 24.8 Å². The number of aliphatic hydroxyl groups is 1. The molecular formula is C18H27NO4. The summed E-state index contributed by atoms with van der Waals surface area (Å²) < 4.78 is 11.2. The topological polar surface area (TPSA) is 59.0 Å². The monoisotopic (exact) mass is 321 g/mol. The first-order valence-electron chi connectivity index (χ1n) is 8.14. The number of hydrogen-bond acceptors (Lipinski definition) is 4. The zero-order valence-corrected chi connectivity index (χ0v) is 14.2. The number of hydrogen-bond donors (Lipinski definition) is 1. The van der Waals surface area contributed by atoms with Gasteiger partial charge in [-0.3, -0.25) is 4.90 Å². The van der Waals surface area contributed by atoms with Gasteiger partial charge < -0.3 is 14.6 Å². The fraction of sp³-hybridized carbons (Fsp3) is 0.611. The van der Waals surface area contributed by atoms with E-state index >= 15 is 0 Å². The van der Waals surface area contributed by atoms with Gasteiger partial charge in [-0.25, -0.2) is 4.79 Å². The Balaban J connectivity index is 1.92. The molecule has 0 aliphatic carbocycles. The summed E-state index contributed by atoms with van der Waals surface area (Å²) in [4.78, 5) is 14.1. The second-order valence-electron chi connectivity index (χ2n) is 6.96. The van der Waals surface area contributed by atoms with E-state index in [0.29, 0.717) is 13.2 Å². The van der Waals surface area contributed by atoms with Crippen molar-refractivity contribution in [3.05, 3.63) is 35.9 Å². The predicted octanol–water partition coefficient (Wildman–Crippen LogP) is 2.96. The average Bonchev–Trinajstić information content (AvgIpc) is 2.90. The normalized spacial score (nSPS) is 21.5. The number of benzene rings is 1. The largest absolute Gasteiger partial charge is 0.444 e. The van der Waals surface area contributed by atoms with Crippen LogP contribution in [0.3, 0.4) is 0 Å². The minimum absolute atomic E-state index is 0.0472. The first-order valence-corrected chi connectivity index (χ1v) is 8.14. The molecule has 0 aromatic heterocycles. The number of aliphatic hydroxyl groups excluding tert-OH is 1. The Morgan fingerprint density at radius 3 is 2.48 bits per heavy atom. The molecular weight excluding hydrogens is 294 g/mol. The van der Waals surface area contributed by atoms with Crippen LogP contribution in [0.1, 0.15) is 39.2 Å². The molecule has 1 aromatic rings. The van der Waals surface area contributed by atoms with E-state index in [0.717, 1.165) is 18.4 Å². The van der Waals surface area contributed by atoms with Crippen molar-refractivity contribution in [3.63, 3.8) is 0 Å². The maximum absolute atomic E-state index is 12.4. The summed E-state index contributed by atoms with van der Waals surface area (Å²) in [6, 6.07) is 9.71. The lowest BCUT2D eigenvalue weighted by Gasteiger charge is -2.31. The van der Waals surface area contributed by atoms with E-state index in [1.165, 1.54) is 0 Å². The van der Waals surface area contributed by atoms with Crippen LogP contribution in [0.5, 0.6) is 0 Å². The number of carbonyl (C=O) groups is 1. The van der Waals surface area contributed by atoms with Gasteiger partial charge >= 0.3 is 6.09 Å². The number of amides is 1. The van der Waals surface area contributed by atoms with E-state index in [2.05, 4.69) is 0 Å². The maximum Gasteiger partial charge on any atom is 0.410 e. The molecule has 0 bridgehead atoms. The van der Waals surface area contributed by atoms with Crippen LogP contribution in [0.2, 0.25) is 0 Å². The Labute approximate surface area is 138 Å². The van der Waals surface area contributed by atoms with Crippen LogP contribution in [0, 0.1) is 0 Å². The lowest BCUT2D eigenvalue weighted by Crippen LogP contribution is -2.47. The summed E-state index contributed by atoms with van der Waals surface area (Å²) in [6.07, 6.45) is 1.22. The second-order valence-corrected chi connectivity index (χ2v) is 6.96. The molecule has 1 aromatic carbocycles. The molecule has 0 radical (unpaired) electrons. The Bertz CT molecular complexity index is 497. The lowest BCUT2D eigenvalue weighted by atomic mass is 10.2. The quantitative estimate of drug-likeness (QED) is 0.906. The molecule has 1 aliphatic heterocycles. The van der Waals surface area contributed by atoms with Crippen LogP contribution in [0.15, 0.2) is 30.3 Å². The number of nitrogens with zero attached hydrogens (tertiary/aromatic N) is 1. The van der Waals surface area contributed by atoms with Crippen LogP contribution in [-0.2, 0) is 16.1 Å². The second kappa shape index (κ2) is 7.79. The van der Waals surface area contributed by atoms with Crippen molar-refractivity contribution in [3.8, 4) is 0 Å². The van der Waals surface area contributed by atoms with Gasteiger partial charge in [0, 0.05) is 0 Å². The Hall–Kier alpha value is -1.59. The van der Waals surface area contributed by atoms with Crippen LogP contribution < -0.4 is 0 Å². The molecule has 1 amide bonds. The molecule has 23 heavy (non-hydrogen) atoms. The maximum atomic E-state index is 12.4. The van der Waals surface area contributed by atoms with Gasteiger partial charge in [0.25, 0.3) is 0 Å². The standard InChI is InChI=1S/C18H27NO4/c1-18(2,3)23-17(21)19-15(11-20)9-10-16(19)13-22-12-14-7-5-4-6-8-14/h4-8,15-16,20H,9-13H2,1-3H3. The summed E-state index contributed by atoms with van der Waals surface area (Å²) in [7, 11) is 0. The molecule has 1 aliphatic rings. The van der Waals surface area contributed by atoms with Gasteiger partial charge in [0.2, 0.25) is 0 Å².